The van der Waals surface area contributed by atoms with Gasteiger partial charge in [-0.1, -0.05) is 12.5 Å². The quantitative estimate of drug-likeness (QED) is 0.867. The maximum Gasteiger partial charge on any atom is 0.251 e. The lowest BCUT2D eigenvalue weighted by atomic mass is 9.89. The smallest absolute Gasteiger partial charge is 0.251 e. The Morgan fingerprint density at radius 1 is 1.26 bits per heavy atom. The van der Waals surface area contributed by atoms with Crippen molar-refractivity contribution in [2.24, 2.45) is 17.8 Å². The third-order valence-electron chi connectivity index (χ3n) is 5.20. The van der Waals surface area contributed by atoms with Gasteiger partial charge in [0, 0.05) is 12.1 Å². The zero-order chi connectivity index (χ0) is 16.6. The van der Waals surface area contributed by atoms with Gasteiger partial charge in [0.25, 0.3) is 5.91 Å². The molecule has 126 valence electrons. The van der Waals surface area contributed by atoms with Crippen LogP contribution in [0.5, 0.6) is 0 Å². The van der Waals surface area contributed by atoms with Crippen molar-refractivity contribution in [1.29, 1.82) is 0 Å². The first kappa shape index (κ1) is 16.3. The highest BCUT2D eigenvalue weighted by molar-refractivity contribution is 7.92. The second-order valence-electron chi connectivity index (χ2n) is 7.05. The van der Waals surface area contributed by atoms with E-state index in [-0.39, 0.29) is 5.91 Å². The molecule has 2 bridgehead atoms. The van der Waals surface area contributed by atoms with Crippen molar-refractivity contribution in [1.82, 2.24) is 5.32 Å². The van der Waals surface area contributed by atoms with Gasteiger partial charge in [-0.25, -0.2) is 8.42 Å². The molecular weight excluding hydrogens is 312 g/mol. The molecule has 1 amide bonds. The van der Waals surface area contributed by atoms with Crippen molar-refractivity contribution in [2.45, 2.75) is 32.6 Å². The fourth-order valence-corrected chi connectivity index (χ4v) is 4.64. The average Bonchev–Trinajstić information content (AvgIpc) is 3.08. The number of aryl methyl sites for hydroxylation is 1. The van der Waals surface area contributed by atoms with Crippen LogP contribution >= 0.6 is 0 Å². The standard InChI is InChI=1S/C17H24N2O3S/c1-11-3-5-14(9-16(11)19-23(2,21)22)17(20)18-10-15-8-12-4-6-13(15)7-12/h3,5,9,12-13,15,19H,4,6-8,10H2,1-2H3,(H,18,20)/t12-,13-,15+/m0/s1. The Morgan fingerprint density at radius 3 is 2.65 bits per heavy atom. The molecule has 0 aromatic heterocycles. The van der Waals surface area contributed by atoms with Gasteiger partial charge in [0.15, 0.2) is 0 Å². The first-order valence-corrected chi connectivity index (χ1v) is 10.1. The Morgan fingerprint density at radius 2 is 2.04 bits per heavy atom. The molecule has 0 spiro atoms. The SMILES string of the molecule is Cc1ccc(C(=O)NC[C@H]2C[C@H]3CC[C@H]2C3)cc1NS(C)(=O)=O. The number of amides is 1. The second-order valence-corrected chi connectivity index (χ2v) is 8.80. The fourth-order valence-electron chi connectivity index (χ4n) is 4.03. The van der Waals surface area contributed by atoms with Crippen LogP contribution in [-0.2, 0) is 10.0 Å². The number of rotatable bonds is 5. The number of anilines is 1. The number of sulfonamides is 1. The summed E-state index contributed by atoms with van der Waals surface area (Å²) in [6.45, 7) is 2.53. The summed E-state index contributed by atoms with van der Waals surface area (Å²) in [5, 5.41) is 3.02. The van der Waals surface area contributed by atoms with Crippen molar-refractivity contribution in [3.63, 3.8) is 0 Å². The van der Waals surface area contributed by atoms with Crippen LogP contribution < -0.4 is 10.0 Å². The van der Waals surface area contributed by atoms with Crippen LogP contribution in [0.3, 0.4) is 0 Å². The highest BCUT2D eigenvalue weighted by Gasteiger charge is 2.39. The molecule has 2 aliphatic rings. The van der Waals surface area contributed by atoms with Gasteiger partial charge < -0.3 is 5.32 Å². The molecule has 6 heteroatoms. The van der Waals surface area contributed by atoms with Crippen molar-refractivity contribution in [3.05, 3.63) is 29.3 Å². The summed E-state index contributed by atoms with van der Waals surface area (Å²) in [6.07, 6.45) is 6.33. The Kier molecular flexibility index (Phi) is 4.36. The van der Waals surface area contributed by atoms with Crippen molar-refractivity contribution < 1.29 is 13.2 Å². The molecule has 5 nitrogen and oxygen atoms in total. The molecule has 1 aromatic rings. The van der Waals surface area contributed by atoms with Crippen LogP contribution in [-0.4, -0.2) is 27.1 Å². The molecule has 0 aliphatic heterocycles. The Balaban J connectivity index is 1.64. The van der Waals surface area contributed by atoms with Gasteiger partial charge >= 0.3 is 0 Å². The fraction of sp³-hybridized carbons (Fsp3) is 0.588. The van der Waals surface area contributed by atoms with Crippen molar-refractivity contribution in [2.75, 3.05) is 17.5 Å². The summed E-state index contributed by atoms with van der Waals surface area (Å²) in [7, 11) is -3.36. The zero-order valence-electron chi connectivity index (χ0n) is 13.6. The van der Waals surface area contributed by atoms with E-state index in [4.69, 9.17) is 0 Å². The average molecular weight is 336 g/mol. The molecule has 0 saturated heterocycles. The van der Waals surface area contributed by atoms with E-state index in [9.17, 15) is 13.2 Å². The lowest BCUT2D eigenvalue weighted by molar-refractivity contribution is 0.0942. The third-order valence-corrected chi connectivity index (χ3v) is 5.80. The summed E-state index contributed by atoms with van der Waals surface area (Å²) in [6, 6.07) is 5.10. The minimum absolute atomic E-state index is 0.135. The number of fused-ring (bicyclic) bond motifs is 2. The van der Waals surface area contributed by atoms with Crippen LogP contribution in [0, 0.1) is 24.7 Å². The van der Waals surface area contributed by atoms with Crippen molar-refractivity contribution >= 4 is 21.6 Å². The van der Waals surface area contributed by atoms with Gasteiger partial charge in [-0.3, -0.25) is 9.52 Å². The molecule has 3 atom stereocenters. The summed E-state index contributed by atoms with van der Waals surface area (Å²) in [5.41, 5.74) is 1.74. The van der Waals surface area contributed by atoms with Crippen molar-refractivity contribution in [3.8, 4) is 0 Å². The van der Waals surface area contributed by atoms with Gasteiger partial charge in [0.2, 0.25) is 10.0 Å². The maximum absolute atomic E-state index is 12.3. The van der Waals surface area contributed by atoms with E-state index < -0.39 is 10.0 Å². The Bertz CT molecular complexity index is 715. The molecular formula is C17H24N2O3S. The minimum Gasteiger partial charge on any atom is -0.352 e. The topological polar surface area (TPSA) is 75.3 Å². The predicted octanol–water partition coefficient (Wildman–Crippen LogP) is 2.53. The molecule has 2 aliphatic carbocycles. The van der Waals surface area contributed by atoms with E-state index in [1.165, 1.54) is 25.7 Å². The molecule has 3 rings (SSSR count). The van der Waals surface area contributed by atoms with Crippen LogP contribution in [0.1, 0.15) is 41.6 Å². The number of benzene rings is 1. The molecule has 2 N–H and O–H groups in total. The number of nitrogens with one attached hydrogen (secondary N) is 2. The summed E-state index contributed by atoms with van der Waals surface area (Å²) in [4.78, 5) is 12.3. The molecule has 23 heavy (non-hydrogen) atoms. The maximum atomic E-state index is 12.3. The van der Waals surface area contributed by atoms with E-state index in [0.717, 1.165) is 30.2 Å². The molecule has 2 fully saturated rings. The third kappa shape index (κ3) is 3.86. The van der Waals surface area contributed by atoms with Gasteiger partial charge in [0.05, 0.1) is 11.9 Å². The molecule has 1 aromatic carbocycles. The highest BCUT2D eigenvalue weighted by Crippen LogP contribution is 2.47. The van der Waals surface area contributed by atoms with E-state index in [0.29, 0.717) is 17.2 Å². The summed E-state index contributed by atoms with van der Waals surface area (Å²) < 4.78 is 25.2. The zero-order valence-corrected chi connectivity index (χ0v) is 14.4. The van der Waals surface area contributed by atoms with E-state index >= 15 is 0 Å². The van der Waals surface area contributed by atoms with Gasteiger partial charge in [-0.05, 0) is 61.6 Å². The number of hydrogen-bond donors (Lipinski definition) is 2. The van der Waals surface area contributed by atoms with Gasteiger partial charge in [-0.15, -0.1) is 0 Å². The van der Waals surface area contributed by atoms with Crippen LogP contribution in [0.4, 0.5) is 5.69 Å². The predicted molar refractivity (Wildman–Crippen MR) is 90.9 cm³/mol. The lowest BCUT2D eigenvalue weighted by Crippen LogP contribution is -2.31. The normalized spacial score (nSPS) is 26.3. The van der Waals surface area contributed by atoms with Gasteiger partial charge in [-0.2, -0.15) is 0 Å². The summed E-state index contributed by atoms with van der Waals surface area (Å²) in [5.74, 6) is 2.12. The first-order valence-electron chi connectivity index (χ1n) is 8.18. The van der Waals surface area contributed by atoms with Crippen LogP contribution in [0.15, 0.2) is 18.2 Å². The number of carbonyl (C=O) groups excluding carboxylic acids is 1. The van der Waals surface area contributed by atoms with Gasteiger partial charge in [0.1, 0.15) is 0 Å². The van der Waals surface area contributed by atoms with Crippen LogP contribution in [0.25, 0.3) is 0 Å². The van der Waals surface area contributed by atoms with E-state index in [1.54, 1.807) is 18.2 Å². The number of hydrogen-bond acceptors (Lipinski definition) is 3. The minimum atomic E-state index is -3.36. The summed E-state index contributed by atoms with van der Waals surface area (Å²) >= 11 is 0. The van der Waals surface area contributed by atoms with Crippen LogP contribution in [0.2, 0.25) is 0 Å². The monoisotopic (exact) mass is 336 g/mol. The first-order chi connectivity index (χ1) is 10.8. The second kappa shape index (κ2) is 6.15. The molecule has 0 heterocycles. The molecule has 0 radical (unpaired) electrons. The van der Waals surface area contributed by atoms with E-state index in [1.807, 2.05) is 6.92 Å². The number of carbonyl (C=O) groups is 1. The highest BCUT2D eigenvalue weighted by atomic mass is 32.2. The molecule has 2 saturated carbocycles. The molecule has 0 unspecified atom stereocenters. The Hall–Kier alpha value is -1.56. The van der Waals surface area contributed by atoms with E-state index in [2.05, 4.69) is 10.0 Å². The largest absolute Gasteiger partial charge is 0.352 e. The lowest BCUT2D eigenvalue weighted by Gasteiger charge is -2.22. The Labute approximate surface area is 137 Å².